The van der Waals surface area contributed by atoms with Gasteiger partial charge in [-0.3, -0.25) is 14.5 Å². The van der Waals surface area contributed by atoms with Gasteiger partial charge in [-0.25, -0.2) is 0 Å². The second-order valence-corrected chi connectivity index (χ2v) is 9.40. The molecule has 0 bridgehead atoms. The summed E-state index contributed by atoms with van der Waals surface area (Å²) in [4.78, 5) is 32.0. The molecule has 8 heteroatoms. The molecule has 8 nitrogen and oxygen atoms in total. The molecule has 2 aromatic carbocycles. The SMILES string of the molecule is COc1ccc(CCC(=O)N2CCCN(CC(=O)N3CCc4cc(OC)c(OC)cc4C3)CC2)cc1. The van der Waals surface area contributed by atoms with Gasteiger partial charge in [0.05, 0.1) is 27.9 Å². The van der Waals surface area contributed by atoms with Gasteiger partial charge >= 0.3 is 0 Å². The smallest absolute Gasteiger partial charge is 0.237 e. The van der Waals surface area contributed by atoms with Crippen LogP contribution in [0.1, 0.15) is 29.5 Å². The number of rotatable bonds is 8. The zero-order chi connectivity index (χ0) is 25.5. The summed E-state index contributed by atoms with van der Waals surface area (Å²) in [6.45, 7) is 4.61. The first-order valence-electron chi connectivity index (χ1n) is 12.7. The maximum absolute atomic E-state index is 13.1. The third kappa shape index (κ3) is 6.29. The molecule has 2 aliphatic heterocycles. The maximum atomic E-state index is 13.1. The van der Waals surface area contributed by atoms with Gasteiger partial charge in [0.15, 0.2) is 11.5 Å². The number of carbonyl (C=O) groups is 2. The lowest BCUT2D eigenvalue weighted by molar-refractivity contribution is -0.133. The van der Waals surface area contributed by atoms with Crippen molar-refractivity contribution in [3.8, 4) is 17.2 Å². The summed E-state index contributed by atoms with van der Waals surface area (Å²) in [6.07, 6.45) is 2.89. The van der Waals surface area contributed by atoms with Crippen molar-refractivity contribution >= 4 is 11.8 Å². The highest BCUT2D eigenvalue weighted by Gasteiger charge is 2.26. The average Bonchev–Trinajstić information content (AvgIpc) is 3.16. The standard InChI is InChI=1S/C28H37N3O5/c1-34-24-8-5-21(6-9-24)7-10-27(32)30-13-4-12-29(15-16-30)20-28(33)31-14-11-22-17-25(35-2)26(36-3)18-23(22)19-31/h5-6,8-9,17-18H,4,7,10-16,19-20H2,1-3H3. The van der Waals surface area contributed by atoms with E-state index in [1.807, 2.05) is 46.2 Å². The highest BCUT2D eigenvalue weighted by atomic mass is 16.5. The van der Waals surface area contributed by atoms with Gasteiger partial charge in [0.2, 0.25) is 11.8 Å². The molecule has 4 rings (SSSR count). The quantitative estimate of drug-likeness (QED) is 0.561. The van der Waals surface area contributed by atoms with Crippen molar-refractivity contribution in [2.45, 2.75) is 32.2 Å². The Morgan fingerprint density at radius 2 is 1.50 bits per heavy atom. The Morgan fingerprint density at radius 1 is 0.778 bits per heavy atom. The van der Waals surface area contributed by atoms with Crippen LogP contribution in [-0.2, 0) is 29.0 Å². The normalized spacial score (nSPS) is 16.2. The average molecular weight is 496 g/mol. The zero-order valence-electron chi connectivity index (χ0n) is 21.6. The van der Waals surface area contributed by atoms with Crippen LogP contribution in [0.15, 0.2) is 36.4 Å². The van der Waals surface area contributed by atoms with Crippen LogP contribution in [0.5, 0.6) is 17.2 Å². The van der Waals surface area contributed by atoms with E-state index in [9.17, 15) is 9.59 Å². The molecule has 0 saturated carbocycles. The number of methoxy groups -OCH3 is 3. The molecule has 2 heterocycles. The number of benzene rings is 2. The largest absolute Gasteiger partial charge is 0.497 e. The van der Waals surface area contributed by atoms with Gasteiger partial charge in [0.1, 0.15) is 5.75 Å². The van der Waals surface area contributed by atoms with E-state index in [-0.39, 0.29) is 11.8 Å². The molecule has 2 aromatic rings. The Balaban J connectivity index is 1.26. The molecule has 0 unspecified atom stereocenters. The van der Waals surface area contributed by atoms with Crippen LogP contribution in [0.2, 0.25) is 0 Å². The Bertz CT molecular complexity index is 1060. The van der Waals surface area contributed by atoms with E-state index in [0.29, 0.717) is 44.8 Å². The molecule has 1 fully saturated rings. The first-order chi connectivity index (χ1) is 17.5. The van der Waals surface area contributed by atoms with E-state index in [4.69, 9.17) is 14.2 Å². The summed E-state index contributed by atoms with van der Waals surface area (Å²) in [6, 6.07) is 11.9. The van der Waals surface area contributed by atoms with Crippen LogP contribution in [-0.4, -0.2) is 87.1 Å². The van der Waals surface area contributed by atoms with Crippen LogP contribution in [0.3, 0.4) is 0 Å². The van der Waals surface area contributed by atoms with E-state index >= 15 is 0 Å². The summed E-state index contributed by atoms with van der Waals surface area (Å²) in [5.74, 6) is 2.55. The van der Waals surface area contributed by atoms with Gasteiger partial charge in [-0.1, -0.05) is 12.1 Å². The van der Waals surface area contributed by atoms with Gasteiger partial charge in [-0.05, 0) is 60.2 Å². The molecule has 1 saturated heterocycles. The van der Waals surface area contributed by atoms with Crippen LogP contribution in [0, 0.1) is 0 Å². The van der Waals surface area contributed by atoms with Crippen LogP contribution < -0.4 is 14.2 Å². The van der Waals surface area contributed by atoms with E-state index < -0.39 is 0 Å². The van der Waals surface area contributed by atoms with Gasteiger partial charge in [0, 0.05) is 45.7 Å². The highest BCUT2D eigenvalue weighted by Crippen LogP contribution is 2.33. The second kappa shape index (κ2) is 12.1. The van der Waals surface area contributed by atoms with E-state index in [1.54, 1.807) is 21.3 Å². The lowest BCUT2D eigenvalue weighted by atomic mass is 9.98. The molecule has 2 amide bonds. The topological polar surface area (TPSA) is 71.6 Å². The van der Waals surface area contributed by atoms with Crippen LogP contribution >= 0.6 is 0 Å². The molecule has 0 atom stereocenters. The fourth-order valence-corrected chi connectivity index (χ4v) is 4.97. The second-order valence-electron chi connectivity index (χ2n) is 9.40. The Hall–Kier alpha value is -3.26. The minimum atomic E-state index is 0.134. The summed E-state index contributed by atoms with van der Waals surface area (Å²) >= 11 is 0. The van der Waals surface area contributed by atoms with E-state index in [1.165, 1.54) is 5.56 Å². The van der Waals surface area contributed by atoms with Crippen molar-refractivity contribution in [2.24, 2.45) is 0 Å². The van der Waals surface area contributed by atoms with E-state index in [0.717, 1.165) is 55.1 Å². The first kappa shape index (κ1) is 25.8. The van der Waals surface area contributed by atoms with Crippen LogP contribution in [0.4, 0.5) is 0 Å². The number of nitrogens with zero attached hydrogens (tertiary/aromatic N) is 3. The third-order valence-corrected chi connectivity index (χ3v) is 7.16. The van der Waals surface area contributed by atoms with Crippen molar-refractivity contribution in [1.29, 1.82) is 0 Å². The lowest BCUT2D eigenvalue weighted by Gasteiger charge is -2.31. The van der Waals surface area contributed by atoms with E-state index in [2.05, 4.69) is 4.90 Å². The van der Waals surface area contributed by atoms with Gasteiger partial charge in [-0.15, -0.1) is 0 Å². The van der Waals surface area contributed by atoms with Gasteiger partial charge < -0.3 is 24.0 Å². The number of ether oxygens (including phenoxy) is 3. The monoisotopic (exact) mass is 495 g/mol. The fraction of sp³-hybridized carbons (Fsp3) is 0.500. The number of carbonyl (C=O) groups excluding carboxylic acids is 2. The van der Waals surface area contributed by atoms with Gasteiger partial charge in [0.25, 0.3) is 0 Å². The third-order valence-electron chi connectivity index (χ3n) is 7.16. The lowest BCUT2D eigenvalue weighted by Crippen LogP contribution is -2.44. The van der Waals surface area contributed by atoms with Crippen molar-refractivity contribution < 1.29 is 23.8 Å². The maximum Gasteiger partial charge on any atom is 0.237 e. The molecule has 0 aromatic heterocycles. The molecule has 0 aliphatic carbocycles. The number of fused-ring (bicyclic) bond motifs is 1. The minimum Gasteiger partial charge on any atom is -0.497 e. The summed E-state index contributed by atoms with van der Waals surface area (Å²) in [5, 5.41) is 0. The van der Waals surface area contributed by atoms with Gasteiger partial charge in [-0.2, -0.15) is 0 Å². The number of amides is 2. The van der Waals surface area contributed by atoms with Crippen molar-refractivity contribution in [2.75, 3.05) is 60.6 Å². The molecule has 194 valence electrons. The van der Waals surface area contributed by atoms with Crippen molar-refractivity contribution in [1.82, 2.24) is 14.7 Å². The highest BCUT2D eigenvalue weighted by molar-refractivity contribution is 5.79. The number of hydrogen-bond donors (Lipinski definition) is 0. The molecule has 0 spiro atoms. The molecule has 0 radical (unpaired) electrons. The fourth-order valence-electron chi connectivity index (χ4n) is 4.97. The predicted molar refractivity (Wildman–Crippen MR) is 138 cm³/mol. The molecular weight excluding hydrogens is 458 g/mol. The molecule has 36 heavy (non-hydrogen) atoms. The summed E-state index contributed by atoms with van der Waals surface area (Å²) in [5.41, 5.74) is 3.44. The molecule has 2 aliphatic rings. The minimum absolute atomic E-state index is 0.134. The number of aryl methyl sites for hydroxylation is 1. The number of hydrogen-bond acceptors (Lipinski definition) is 6. The van der Waals surface area contributed by atoms with Crippen molar-refractivity contribution in [3.63, 3.8) is 0 Å². The first-order valence-corrected chi connectivity index (χ1v) is 12.7. The Morgan fingerprint density at radius 3 is 2.19 bits per heavy atom. The summed E-state index contributed by atoms with van der Waals surface area (Å²) < 4.78 is 16.1. The molecule has 0 N–H and O–H groups in total. The Labute approximate surface area is 213 Å². The zero-order valence-corrected chi connectivity index (χ0v) is 21.6. The summed E-state index contributed by atoms with van der Waals surface area (Å²) in [7, 11) is 4.91. The van der Waals surface area contributed by atoms with Crippen LogP contribution in [0.25, 0.3) is 0 Å². The predicted octanol–water partition coefficient (Wildman–Crippen LogP) is 2.76. The van der Waals surface area contributed by atoms with Crippen molar-refractivity contribution in [3.05, 3.63) is 53.1 Å². The molecular formula is C28H37N3O5. The Kier molecular flexibility index (Phi) is 8.70.